The van der Waals surface area contributed by atoms with Crippen LogP contribution in [-0.2, 0) is 14.6 Å². The van der Waals surface area contributed by atoms with Gasteiger partial charge in [-0.1, -0.05) is 18.9 Å². The molecule has 2 saturated carbocycles. The third-order valence-electron chi connectivity index (χ3n) is 6.83. The lowest BCUT2D eigenvalue weighted by Gasteiger charge is -2.57. The summed E-state index contributed by atoms with van der Waals surface area (Å²) in [5.74, 6) is 2.11. The van der Waals surface area contributed by atoms with Crippen molar-refractivity contribution in [3.05, 3.63) is 12.7 Å². The maximum atomic E-state index is 11.7. The van der Waals surface area contributed by atoms with Gasteiger partial charge in [-0.15, -0.1) is 30.6 Å². The summed E-state index contributed by atoms with van der Waals surface area (Å²) in [6.45, 7) is 5.88. The minimum absolute atomic E-state index is 0. The molecule has 27 heavy (non-hydrogen) atoms. The third kappa shape index (κ3) is 4.17. The Morgan fingerprint density at radius 3 is 2.74 bits per heavy atom. The molecule has 4 aliphatic rings. The number of rotatable bonds is 5. The third-order valence-corrected chi connectivity index (χ3v) is 8.66. The van der Waals surface area contributed by atoms with Crippen LogP contribution in [0.5, 0.6) is 0 Å². The van der Waals surface area contributed by atoms with Crippen LogP contribution in [0.25, 0.3) is 0 Å². The van der Waals surface area contributed by atoms with Gasteiger partial charge in [0.25, 0.3) is 0 Å². The fourth-order valence-corrected chi connectivity index (χ4v) is 7.46. The molecule has 8 heteroatoms. The second kappa shape index (κ2) is 8.57. The Bertz CT molecular complexity index is 676. The van der Waals surface area contributed by atoms with Crippen LogP contribution in [0.4, 0.5) is 0 Å². The van der Waals surface area contributed by atoms with Gasteiger partial charge in [-0.25, -0.2) is 8.42 Å². The molecule has 6 nitrogen and oxygen atoms in total. The number of sulfone groups is 1. The van der Waals surface area contributed by atoms with Crippen LogP contribution in [0, 0.1) is 17.3 Å². The summed E-state index contributed by atoms with van der Waals surface area (Å²) in [6, 6.07) is 0.417. The number of hydrogen-bond donors (Lipinski definition) is 2. The number of guanidine groups is 1. The lowest BCUT2D eigenvalue weighted by atomic mass is 9.54. The van der Waals surface area contributed by atoms with Gasteiger partial charge in [0.2, 0.25) is 0 Å². The molecular formula is C19H32IN3O3S. The van der Waals surface area contributed by atoms with Gasteiger partial charge in [-0.2, -0.15) is 0 Å². The summed E-state index contributed by atoms with van der Waals surface area (Å²) in [6.07, 6.45) is 9.15. The topological polar surface area (TPSA) is 79.8 Å². The Balaban J connectivity index is 0.00000210. The van der Waals surface area contributed by atoms with Crippen LogP contribution in [0.15, 0.2) is 17.6 Å². The highest BCUT2D eigenvalue weighted by Gasteiger charge is 2.65. The first-order chi connectivity index (χ1) is 12.5. The van der Waals surface area contributed by atoms with Gasteiger partial charge in [0.05, 0.1) is 17.6 Å². The van der Waals surface area contributed by atoms with E-state index in [1.807, 2.05) is 6.08 Å². The average molecular weight is 509 g/mol. The molecule has 0 bridgehead atoms. The molecule has 2 saturated heterocycles. The van der Waals surface area contributed by atoms with E-state index >= 15 is 0 Å². The van der Waals surface area contributed by atoms with Crippen molar-refractivity contribution in [3.63, 3.8) is 0 Å². The van der Waals surface area contributed by atoms with Crippen LogP contribution in [0.1, 0.15) is 38.5 Å². The van der Waals surface area contributed by atoms with E-state index in [1.54, 1.807) is 0 Å². The maximum Gasteiger partial charge on any atom is 0.191 e. The first-order valence-electron chi connectivity index (χ1n) is 10.0. The van der Waals surface area contributed by atoms with Crippen molar-refractivity contribution in [3.8, 4) is 0 Å². The summed E-state index contributed by atoms with van der Waals surface area (Å²) in [5.41, 5.74) is 0.272. The normalized spacial score (nSPS) is 35.9. The van der Waals surface area contributed by atoms with Crippen molar-refractivity contribution < 1.29 is 13.2 Å². The fourth-order valence-electron chi connectivity index (χ4n) is 5.61. The molecular weight excluding hydrogens is 477 g/mol. The zero-order valence-electron chi connectivity index (χ0n) is 15.9. The lowest BCUT2D eigenvalue weighted by molar-refractivity contribution is -0.125. The number of nitrogens with one attached hydrogen (secondary N) is 2. The molecule has 2 heterocycles. The van der Waals surface area contributed by atoms with Crippen LogP contribution in [0.3, 0.4) is 0 Å². The molecule has 154 valence electrons. The largest absolute Gasteiger partial charge is 0.377 e. The molecule has 0 radical (unpaired) electrons. The monoisotopic (exact) mass is 509 g/mol. The number of ether oxygens (including phenoxy) is 1. The zero-order chi connectivity index (χ0) is 18.2. The molecule has 4 unspecified atom stereocenters. The van der Waals surface area contributed by atoms with Gasteiger partial charge in [-0.3, -0.25) is 4.99 Å². The van der Waals surface area contributed by atoms with E-state index < -0.39 is 9.84 Å². The maximum absolute atomic E-state index is 11.7. The Morgan fingerprint density at radius 2 is 2.07 bits per heavy atom. The second-order valence-electron chi connectivity index (χ2n) is 8.43. The van der Waals surface area contributed by atoms with Crippen molar-refractivity contribution in [2.24, 2.45) is 22.2 Å². The van der Waals surface area contributed by atoms with Crippen LogP contribution >= 0.6 is 24.0 Å². The van der Waals surface area contributed by atoms with Gasteiger partial charge in [0.1, 0.15) is 0 Å². The van der Waals surface area contributed by atoms with E-state index in [-0.39, 0.29) is 41.1 Å². The standard InChI is InChI=1S/C19H31N3O3S.HI/c1-2-9-20-18(21-12-14-6-11-26(23,24)13-14)22-16-15-5-10-25-17(15)19(16)7-3-4-8-19;/h2,14-17H,1,3-13H2,(H2,20,21,22);1H. The van der Waals surface area contributed by atoms with E-state index in [0.29, 0.717) is 36.9 Å². The van der Waals surface area contributed by atoms with Crippen molar-refractivity contribution in [2.45, 2.75) is 50.7 Å². The molecule has 4 fully saturated rings. The van der Waals surface area contributed by atoms with E-state index in [4.69, 9.17) is 9.73 Å². The number of halogens is 1. The quantitative estimate of drug-likeness (QED) is 0.257. The summed E-state index contributed by atoms with van der Waals surface area (Å²) < 4.78 is 29.4. The van der Waals surface area contributed by atoms with Gasteiger partial charge < -0.3 is 15.4 Å². The Morgan fingerprint density at radius 1 is 1.30 bits per heavy atom. The minimum atomic E-state index is -2.85. The van der Waals surface area contributed by atoms with Gasteiger partial charge in [-0.05, 0) is 31.6 Å². The first-order valence-corrected chi connectivity index (χ1v) is 11.8. The summed E-state index contributed by atoms with van der Waals surface area (Å²) >= 11 is 0. The van der Waals surface area contributed by atoms with Gasteiger partial charge in [0, 0.05) is 37.1 Å². The zero-order valence-corrected chi connectivity index (χ0v) is 19.0. The summed E-state index contributed by atoms with van der Waals surface area (Å²) in [4.78, 5) is 4.74. The van der Waals surface area contributed by atoms with Crippen molar-refractivity contribution in [1.29, 1.82) is 0 Å². The predicted octanol–water partition coefficient (Wildman–Crippen LogP) is 2.11. The Labute approximate surface area is 179 Å². The molecule has 0 aromatic rings. The van der Waals surface area contributed by atoms with Crippen molar-refractivity contribution >= 4 is 39.8 Å². The Kier molecular flexibility index (Phi) is 6.78. The minimum Gasteiger partial charge on any atom is -0.377 e. The highest BCUT2D eigenvalue weighted by atomic mass is 127. The highest BCUT2D eigenvalue weighted by Crippen LogP contribution is 2.60. The number of hydrogen-bond acceptors (Lipinski definition) is 4. The van der Waals surface area contributed by atoms with Crippen molar-refractivity contribution in [1.82, 2.24) is 10.6 Å². The van der Waals surface area contributed by atoms with E-state index in [9.17, 15) is 8.42 Å². The summed E-state index contributed by atoms with van der Waals surface area (Å²) in [5, 5.41) is 7.03. The van der Waals surface area contributed by atoms with Crippen LogP contribution in [-0.4, -0.2) is 57.7 Å². The SMILES string of the molecule is C=CCNC(=NCC1CCS(=O)(=O)C1)NC1C2CCOC2C12CCCC2.I. The van der Waals surface area contributed by atoms with E-state index in [0.717, 1.165) is 25.4 Å². The van der Waals surface area contributed by atoms with Crippen LogP contribution in [0.2, 0.25) is 0 Å². The number of nitrogens with zero attached hydrogens (tertiary/aromatic N) is 1. The highest BCUT2D eigenvalue weighted by molar-refractivity contribution is 14.0. The lowest BCUT2D eigenvalue weighted by Crippen LogP contribution is -2.69. The molecule has 2 aliphatic carbocycles. The molecule has 0 amide bonds. The average Bonchev–Trinajstić information content (AvgIpc) is 3.32. The molecule has 4 rings (SSSR count). The molecule has 2 aliphatic heterocycles. The van der Waals surface area contributed by atoms with Gasteiger partial charge in [0.15, 0.2) is 15.8 Å². The molecule has 0 aromatic carbocycles. The summed E-state index contributed by atoms with van der Waals surface area (Å²) in [7, 11) is -2.85. The second-order valence-corrected chi connectivity index (χ2v) is 10.7. The molecule has 1 spiro atoms. The predicted molar refractivity (Wildman–Crippen MR) is 118 cm³/mol. The first kappa shape index (κ1) is 21.4. The number of fused-ring (bicyclic) bond motifs is 2. The fraction of sp³-hybridized carbons (Fsp3) is 0.842. The van der Waals surface area contributed by atoms with E-state index in [1.165, 1.54) is 25.7 Å². The molecule has 0 aromatic heterocycles. The number of aliphatic imine (C=N–C) groups is 1. The van der Waals surface area contributed by atoms with E-state index in [2.05, 4.69) is 17.2 Å². The van der Waals surface area contributed by atoms with Gasteiger partial charge >= 0.3 is 0 Å². The molecule has 4 atom stereocenters. The Hall–Kier alpha value is -0.350. The van der Waals surface area contributed by atoms with Crippen LogP contribution < -0.4 is 10.6 Å². The van der Waals surface area contributed by atoms with Crippen molar-refractivity contribution in [2.75, 3.05) is 31.2 Å². The molecule has 2 N–H and O–H groups in total. The smallest absolute Gasteiger partial charge is 0.191 e.